The van der Waals surface area contributed by atoms with Crippen LogP contribution in [0.2, 0.25) is 0 Å². The van der Waals surface area contributed by atoms with Crippen LogP contribution in [-0.2, 0) is 9.53 Å². The molecule has 7 nitrogen and oxygen atoms in total. The first-order valence-corrected chi connectivity index (χ1v) is 10.8. The number of hydrogen-bond donors (Lipinski definition) is 1. The molecule has 3 rings (SSSR count). The summed E-state index contributed by atoms with van der Waals surface area (Å²) in [6.45, 7) is 3.22. The van der Waals surface area contributed by atoms with Crippen LogP contribution in [0.1, 0.15) is 55.8 Å². The van der Waals surface area contributed by atoms with Crippen LogP contribution >= 0.6 is 0 Å². The molecule has 1 N–H and O–H groups in total. The van der Waals surface area contributed by atoms with E-state index in [0.29, 0.717) is 30.3 Å². The standard InChI is InChI=1S/C23H30N2O5/c1-2-29-23(28)30-20-10-8-18(9-11-20)22(27)24-19-13-15-25(16-14-19)21(26)12-7-17-5-3-4-6-17/h7-12,17,19H,2-6,13-16H2,1H3,(H,24,27)/b12-7+. The lowest BCUT2D eigenvalue weighted by Crippen LogP contribution is -2.46. The second kappa shape index (κ2) is 10.8. The van der Waals surface area contributed by atoms with Crippen molar-refractivity contribution in [3.05, 3.63) is 42.0 Å². The van der Waals surface area contributed by atoms with Crippen molar-refractivity contribution in [2.45, 2.75) is 51.5 Å². The maximum Gasteiger partial charge on any atom is 0.513 e. The van der Waals surface area contributed by atoms with E-state index in [-0.39, 0.29) is 24.5 Å². The molecule has 1 saturated carbocycles. The minimum absolute atomic E-state index is 0.0378. The van der Waals surface area contributed by atoms with E-state index in [1.807, 2.05) is 4.90 Å². The Morgan fingerprint density at radius 3 is 2.37 bits per heavy atom. The van der Waals surface area contributed by atoms with Gasteiger partial charge in [-0.15, -0.1) is 0 Å². The highest BCUT2D eigenvalue weighted by Gasteiger charge is 2.23. The number of nitrogens with zero attached hydrogens (tertiary/aromatic N) is 1. The summed E-state index contributed by atoms with van der Waals surface area (Å²) >= 11 is 0. The van der Waals surface area contributed by atoms with E-state index in [1.165, 1.54) is 25.7 Å². The predicted molar refractivity (Wildman–Crippen MR) is 112 cm³/mol. The number of benzene rings is 1. The third kappa shape index (κ3) is 6.34. The van der Waals surface area contributed by atoms with E-state index in [4.69, 9.17) is 9.47 Å². The Bertz CT molecular complexity index is 760. The van der Waals surface area contributed by atoms with E-state index in [1.54, 1.807) is 37.3 Å². The van der Waals surface area contributed by atoms with Gasteiger partial charge < -0.3 is 19.7 Å². The first-order valence-electron chi connectivity index (χ1n) is 10.8. The average molecular weight is 415 g/mol. The second-order valence-corrected chi connectivity index (χ2v) is 7.79. The van der Waals surface area contributed by atoms with Crippen molar-refractivity contribution in [1.82, 2.24) is 10.2 Å². The largest absolute Gasteiger partial charge is 0.513 e. The zero-order valence-corrected chi connectivity index (χ0v) is 17.5. The zero-order valence-electron chi connectivity index (χ0n) is 17.5. The van der Waals surface area contributed by atoms with Crippen molar-refractivity contribution in [2.24, 2.45) is 5.92 Å². The van der Waals surface area contributed by atoms with Gasteiger partial charge in [-0.25, -0.2) is 4.79 Å². The average Bonchev–Trinajstić information content (AvgIpc) is 3.27. The molecule has 2 fully saturated rings. The summed E-state index contributed by atoms with van der Waals surface area (Å²) in [5.74, 6) is 0.773. The van der Waals surface area contributed by atoms with Gasteiger partial charge in [-0.05, 0) is 68.9 Å². The number of nitrogens with one attached hydrogen (secondary N) is 1. The van der Waals surface area contributed by atoms with Crippen molar-refractivity contribution in [3.8, 4) is 5.75 Å². The topological polar surface area (TPSA) is 84.9 Å². The highest BCUT2D eigenvalue weighted by Crippen LogP contribution is 2.25. The Morgan fingerprint density at radius 1 is 1.07 bits per heavy atom. The molecule has 0 atom stereocenters. The summed E-state index contributed by atoms with van der Waals surface area (Å²) in [6.07, 6.45) is 9.39. The van der Waals surface area contributed by atoms with Gasteiger partial charge in [0.05, 0.1) is 6.61 Å². The first kappa shape index (κ1) is 21.9. The Labute approximate surface area is 177 Å². The Morgan fingerprint density at radius 2 is 1.73 bits per heavy atom. The second-order valence-electron chi connectivity index (χ2n) is 7.79. The molecule has 1 aliphatic heterocycles. The van der Waals surface area contributed by atoms with E-state index >= 15 is 0 Å². The Kier molecular flexibility index (Phi) is 7.88. The number of carbonyl (C=O) groups excluding carboxylic acids is 3. The number of piperidine rings is 1. The van der Waals surface area contributed by atoms with E-state index < -0.39 is 6.16 Å². The van der Waals surface area contributed by atoms with Gasteiger partial charge in [-0.3, -0.25) is 9.59 Å². The van der Waals surface area contributed by atoms with E-state index in [2.05, 4.69) is 11.4 Å². The van der Waals surface area contributed by atoms with Crippen molar-refractivity contribution in [2.75, 3.05) is 19.7 Å². The van der Waals surface area contributed by atoms with E-state index in [0.717, 1.165) is 12.8 Å². The minimum atomic E-state index is -0.769. The van der Waals surface area contributed by atoms with Crippen molar-refractivity contribution in [1.29, 1.82) is 0 Å². The summed E-state index contributed by atoms with van der Waals surface area (Å²) < 4.78 is 9.71. The Balaban J connectivity index is 1.42. The third-order valence-electron chi connectivity index (χ3n) is 5.63. The molecule has 1 heterocycles. The van der Waals surface area contributed by atoms with Gasteiger partial charge in [-0.2, -0.15) is 0 Å². The lowest BCUT2D eigenvalue weighted by Gasteiger charge is -2.31. The molecule has 2 aliphatic rings. The van der Waals surface area contributed by atoms with Gasteiger partial charge in [0.2, 0.25) is 5.91 Å². The van der Waals surface area contributed by atoms with Crippen LogP contribution in [-0.4, -0.2) is 48.6 Å². The number of allylic oxidation sites excluding steroid dienone is 1. The van der Waals surface area contributed by atoms with Crippen molar-refractivity contribution >= 4 is 18.0 Å². The molecule has 0 radical (unpaired) electrons. The molecule has 1 aliphatic carbocycles. The van der Waals surface area contributed by atoms with Crippen molar-refractivity contribution in [3.63, 3.8) is 0 Å². The Hall–Kier alpha value is -2.83. The zero-order chi connectivity index (χ0) is 21.3. The van der Waals surface area contributed by atoms with E-state index in [9.17, 15) is 14.4 Å². The fourth-order valence-corrected chi connectivity index (χ4v) is 3.90. The molecule has 1 saturated heterocycles. The monoisotopic (exact) mass is 414 g/mol. The molecule has 162 valence electrons. The molecule has 0 unspecified atom stereocenters. The van der Waals surface area contributed by atoms with Gasteiger partial charge in [0.25, 0.3) is 5.91 Å². The van der Waals surface area contributed by atoms with Crippen LogP contribution in [0.5, 0.6) is 5.75 Å². The molecule has 0 spiro atoms. The van der Waals surface area contributed by atoms with Gasteiger partial charge in [0.15, 0.2) is 0 Å². The van der Waals surface area contributed by atoms with Gasteiger partial charge >= 0.3 is 6.16 Å². The predicted octanol–water partition coefficient (Wildman–Crippen LogP) is 3.69. The summed E-state index contributed by atoms with van der Waals surface area (Å²) in [7, 11) is 0. The number of carbonyl (C=O) groups is 3. The number of likely N-dealkylation sites (tertiary alicyclic amines) is 1. The number of rotatable bonds is 6. The van der Waals surface area contributed by atoms with Gasteiger partial charge in [-0.1, -0.05) is 18.9 Å². The lowest BCUT2D eigenvalue weighted by molar-refractivity contribution is -0.127. The molecule has 0 aromatic heterocycles. The smallest absolute Gasteiger partial charge is 0.434 e. The summed E-state index contributed by atoms with van der Waals surface area (Å²) in [4.78, 5) is 38.0. The van der Waals surface area contributed by atoms with Crippen LogP contribution in [0.25, 0.3) is 0 Å². The van der Waals surface area contributed by atoms with Crippen molar-refractivity contribution < 1.29 is 23.9 Å². The van der Waals surface area contributed by atoms with Crippen LogP contribution in [0.3, 0.4) is 0 Å². The molecule has 1 aromatic carbocycles. The molecular weight excluding hydrogens is 384 g/mol. The molecule has 2 amide bonds. The highest BCUT2D eigenvalue weighted by molar-refractivity contribution is 5.94. The highest BCUT2D eigenvalue weighted by atomic mass is 16.7. The van der Waals surface area contributed by atoms with Crippen LogP contribution in [0.4, 0.5) is 4.79 Å². The molecular formula is C23H30N2O5. The first-order chi connectivity index (χ1) is 14.5. The lowest BCUT2D eigenvalue weighted by atomic mass is 10.0. The maximum absolute atomic E-state index is 12.5. The maximum atomic E-state index is 12.5. The summed E-state index contributed by atoms with van der Waals surface area (Å²) in [6, 6.07) is 6.37. The van der Waals surface area contributed by atoms with Crippen LogP contribution in [0.15, 0.2) is 36.4 Å². The number of ether oxygens (including phenoxy) is 2. The molecule has 1 aromatic rings. The number of amides is 2. The van der Waals surface area contributed by atoms with Crippen LogP contribution in [0, 0.1) is 5.92 Å². The molecule has 30 heavy (non-hydrogen) atoms. The normalized spacial score (nSPS) is 17.8. The van der Waals surface area contributed by atoms with Gasteiger partial charge in [0.1, 0.15) is 5.75 Å². The summed E-state index contributed by atoms with van der Waals surface area (Å²) in [5, 5.41) is 3.02. The fraction of sp³-hybridized carbons (Fsp3) is 0.522. The summed E-state index contributed by atoms with van der Waals surface area (Å²) in [5.41, 5.74) is 0.490. The fourth-order valence-electron chi connectivity index (χ4n) is 3.90. The minimum Gasteiger partial charge on any atom is -0.434 e. The SMILES string of the molecule is CCOC(=O)Oc1ccc(C(=O)NC2CCN(C(=O)/C=C/C3CCCC3)CC2)cc1. The van der Waals surface area contributed by atoms with Crippen LogP contribution < -0.4 is 10.1 Å². The quantitative estimate of drug-likeness (QED) is 0.436. The number of hydrogen-bond acceptors (Lipinski definition) is 5. The molecule has 7 heteroatoms. The van der Waals surface area contributed by atoms with Gasteiger partial charge in [0, 0.05) is 24.7 Å². The molecule has 0 bridgehead atoms. The third-order valence-corrected chi connectivity index (χ3v) is 5.63.